The van der Waals surface area contributed by atoms with Gasteiger partial charge in [-0.3, -0.25) is 9.59 Å². The second kappa shape index (κ2) is 8.51. The smallest absolute Gasteiger partial charge is 0.309 e. The Labute approximate surface area is 130 Å². The minimum absolute atomic E-state index is 0.104. The Kier molecular flexibility index (Phi) is 6.37. The van der Waals surface area contributed by atoms with E-state index in [2.05, 4.69) is 10.6 Å². The van der Waals surface area contributed by atoms with Crippen LogP contribution in [0.2, 0.25) is 0 Å². The predicted octanol–water partition coefficient (Wildman–Crippen LogP) is 2.32. The molecule has 4 nitrogen and oxygen atoms in total. The van der Waals surface area contributed by atoms with Crippen LogP contribution in [0.3, 0.4) is 0 Å². The topological polar surface area (TPSA) is 58.2 Å². The van der Waals surface area contributed by atoms with Crippen LogP contribution in [0.5, 0.6) is 0 Å². The Balaban J connectivity index is 1.72. The van der Waals surface area contributed by atoms with Crippen molar-refractivity contribution in [3.8, 4) is 0 Å². The summed E-state index contributed by atoms with van der Waals surface area (Å²) < 4.78 is 13.4. The quantitative estimate of drug-likeness (QED) is 0.662. The first-order chi connectivity index (χ1) is 10.7. The third-order valence-electron chi connectivity index (χ3n) is 4.03. The van der Waals surface area contributed by atoms with E-state index in [9.17, 15) is 14.0 Å². The maximum absolute atomic E-state index is 13.4. The van der Waals surface area contributed by atoms with Gasteiger partial charge in [-0.2, -0.15) is 0 Å². The number of halogens is 1. The van der Waals surface area contributed by atoms with Crippen LogP contribution in [0, 0.1) is 5.82 Å². The van der Waals surface area contributed by atoms with E-state index in [0.29, 0.717) is 12.0 Å². The molecule has 2 rings (SSSR count). The van der Waals surface area contributed by atoms with Crippen molar-refractivity contribution >= 4 is 11.8 Å². The van der Waals surface area contributed by atoms with E-state index >= 15 is 0 Å². The van der Waals surface area contributed by atoms with Crippen molar-refractivity contribution in [3.63, 3.8) is 0 Å². The maximum Gasteiger partial charge on any atom is 0.309 e. The molecule has 0 heterocycles. The van der Waals surface area contributed by atoms with Gasteiger partial charge in [-0.25, -0.2) is 4.39 Å². The molecule has 1 saturated carbocycles. The highest BCUT2D eigenvalue weighted by Crippen LogP contribution is 2.17. The van der Waals surface area contributed by atoms with Gasteiger partial charge in [0.15, 0.2) is 0 Å². The first-order valence-corrected chi connectivity index (χ1v) is 7.99. The molecule has 2 N–H and O–H groups in total. The lowest BCUT2D eigenvalue weighted by atomic mass is 10.1. The summed E-state index contributed by atoms with van der Waals surface area (Å²) in [4.78, 5) is 23.6. The molecule has 0 unspecified atom stereocenters. The van der Waals surface area contributed by atoms with Crippen molar-refractivity contribution in [2.75, 3.05) is 6.54 Å². The normalized spacial score (nSPS) is 15.9. The minimum atomic E-state index is -0.638. The van der Waals surface area contributed by atoms with Gasteiger partial charge < -0.3 is 10.6 Å². The Bertz CT molecular complexity index is 511. The van der Waals surface area contributed by atoms with E-state index in [1.54, 1.807) is 18.2 Å². The number of benzene rings is 1. The van der Waals surface area contributed by atoms with Crippen LogP contribution in [-0.2, 0) is 16.0 Å². The van der Waals surface area contributed by atoms with E-state index < -0.39 is 11.8 Å². The first kappa shape index (κ1) is 16.5. The highest BCUT2D eigenvalue weighted by atomic mass is 19.1. The van der Waals surface area contributed by atoms with Gasteiger partial charge in [0.25, 0.3) is 0 Å². The summed E-state index contributed by atoms with van der Waals surface area (Å²) >= 11 is 0. The first-order valence-electron chi connectivity index (χ1n) is 7.99. The van der Waals surface area contributed by atoms with Crippen molar-refractivity contribution < 1.29 is 14.0 Å². The number of nitrogens with one attached hydrogen (secondary N) is 2. The van der Waals surface area contributed by atoms with Crippen molar-refractivity contribution in [1.29, 1.82) is 0 Å². The number of carbonyl (C=O) groups excluding carboxylic acids is 2. The summed E-state index contributed by atoms with van der Waals surface area (Å²) in [5.74, 6) is -1.51. The molecule has 0 aliphatic heterocycles. The fourth-order valence-electron chi connectivity index (χ4n) is 2.77. The molecule has 0 spiro atoms. The maximum atomic E-state index is 13.4. The zero-order valence-corrected chi connectivity index (χ0v) is 12.7. The molecule has 2 amide bonds. The van der Waals surface area contributed by atoms with E-state index in [1.807, 2.05) is 0 Å². The predicted molar refractivity (Wildman–Crippen MR) is 82.7 cm³/mol. The Morgan fingerprint density at radius 1 is 1.05 bits per heavy atom. The van der Waals surface area contributed by atoms with Gasteiger partial charge in [0.1, 0.15) is 5.82 Å². The highest BCUT2D eigenvalue weighted by molar-refractivity contribution is 6.35. The molecule has 0 saturated heterocycles. The van der Waals surface area contributed by atoms with Crippen LogP contribution >= 0.6 is 0 Å². The molecule has 0 bridgehead atoms. The third-order valence-corrected chi connectivity index (χ3v) is 4.03. The Morgan fingerprint density at radius 3 is 2.41 bits per heavy atom. The van der Waals surface area contributed by atoms with E-state index in [0.717, 1.165) is 25.7 Å². The van der Waals surface area contributed by atoms with E-state index in [1.165, 1.54) is 18.9 Å². The lowest BCUT2D eigenvalue weighted by molar-refractivity contribution is -0.139. The monoisotopic (exact) mass is 306 g/mol. The summed E-state index contributed by atoms with van der Waals surface area (Å²) in [6.07, 6.45) is 6.83. The SMILES string of the molecule is O=C(NCCc1ccccc1F)C(=O)NC1CCCCCC1. The van der Waals surface area contributed by atoms with Gasteiger partial charge in [-0.05, 0) is 30.9 Å². The number of hydrogen-bond acceptors (Lipinski definition) is 2. The Hall–Kier alpha value is -1.91. The summed E-state index contributed by atoms with van der Waals surface area (Å²) in [5, 5.41) is 5.34. The molecule has 0 aromatic heterocycles. The highest BCUT2D eigenvalue weighted by Gasteiger charge is 2.19. The molecular weight excluding hydrogens is 283 g/mol. The largest absolute Gasteiger partial charge is 0.348 e. The van der Waals surface area contributed by atoms with Gasteiger partial charge in [0.05, 0.1) is 0 Å². The zero-order valence-electron chi connectivity index (χ0n) is 12.7. The second-order valence-corrected chi connectivity index (χ2v) is 5.76. The lowest BCUT2D eigenvalue weighted by Crippen LogP contribution is -2.45. The molecular formula is C17H23FN2O2. The third kappa shape index (κ3) is 5.13. The van der Waals surface area contributed by atoms with Crippen LogP contribution in [0.15, 0.2) is 24.3 Å². The average molecular weight is 306 g/mol. The summed E-state index contributed by atoms with van der Waals surface area (Å²) in [5.41, 5.74) is 0.534. The van der Waals surface area contributed by atoms with Crippen LogP contribution in [0.25, 0.3) is 0 Å². The molecule has 1 fully saturated rings. The van der Waals surface area contributed by atoms with Crippen molar-refractivity contribution in [2.24, 2.45) is 0 Å². The molecule has 1 aromatic rings. The van der Waals surface area contributed by atoms with Crippen LogP contribution in [0.4, 0.5) is 4.39 Å². The average Bonchev–Trinajstić information content (AvgIpc) is 2.77. The van der Waals surface area contributed by atoms with Gasteiger partial charge in [0.2, 0.25) is 0 Å². The molecule has 22 heavy (non-hydrogen) atoms. The number of hydrogen-bond donors (Lipinski definition) is 2. The van der Waals surface area contributed by atoms with Gasteiger partial charge in [-0.15, -0.1) is 0 Å². The summed E-state index contributed by atoms with van der Waals surface area (Å²) in [7, 11) is 0. The fraction of sp³-hybridized carbons (Fsp3) is 0.529. The minimum Gasteiger partial charge on any atom is -0.348 e. The Morgan fingerprint density at radius 2 is 1.73 bits per heavy atom. The number of rotatable bonds is 4. The van der Waals surface area contributed by atoms with Gasteiger partial charge in [0, 0.05) is 12.6 Å². The molecule has 5 heteroatoms. The van der Waals surface area contributed by atoms with Crippen molar-refractivity contribution in [1.82, 2.24) is 10.6 Å². The van der Waals surface area contributed by atoms with Crippen LogP contribution in [-0.4, -0.2) is 24.4 Å². The number of amides is 2. The summed E-state index contributed by atoms with van der Waals surface area (Å²) in [6, 6.07) is 6.53. The van der Waals surface area contributed by atoms with Crippen molar-refractivity contribution in [3.05, 3.63) is 35.6 Å². The molecule has 0 radical (unpaired) electrons. The van der Waals surface area contributed by atoms with Crippen LogP contribution in [0.1, 0.15) is 44.1 Å². The number of carbonyl (C=O) groups is 2. The molecule has 0 atom stereocenters. The standard InChI is InChI=1S/C17H23FN2O2/c18-15-10-6-5-7-13(15)11-12-19-16(21)17(22)20-14-8-3-1-2-4-9-14/h5-7,10,14H,1-4,8-9,11-12H2,(H,19,21)(H,20,22). The summed E-state index contributed by atoms with van der Waals surface area (Å²) in [6.45, 7) is 0.248. The van der Waals surface area contributed by atoms with Gasteiger partial charge >= 0.3 is 11.8 Å². The second-order valence-electron chi connectivity index (χ2n) is 5.76. The van der Waals surface area contributed by atoms with E-state index in [-0.39, 0.29) is 18.4 Å². The molecule has 1 aromatic carbocycles. The van der Waals surface area contributed by atoms with Gasteiger partial charge in [-0.1, -0.05) is 43.9 Å². The molecule has 1 aliphatic rings. The zero-order chi connectivity index (χ0) is 15.8. The van der Waals surface area contributed by atoms with Crippen LogP contribution < -0.4 is 10.6 Å². The van der Waals surface area contributed by atoms with E-state index in [4.69, 9.17) is 0 Å². The lowest BCUT2D eigenvalue weighted by Gasteiger charge is -2.15. The molecule has 1 aliphatic carbocycles. The molecule has 120 valence electrons. The fourth-order valence-corrected chi connectivity index (χ4v) is 2.77. The van der Waals surface area contributed by atoms with Crippen molar-refractivity contribution in [2.45, 2.75) is 51.0 Å².